The lowest BCUT2D eigenvalue weighted by Crippen LogP contribution is -2.12. The number of nitrogens with zero attached hydrogens (tertiary/aromatic N) is 2. The number of carboxylic acids is 1. The van der Waals surface area contributed by atoms with Gasteiger partial charge in [0.15, 0.2) is 0 Å². The van der Waals surface area contributed by atoms with Crippen LogP contribution in [0.3, 0.4) is 0 Å². The monoisotopic (exact) mass is 252 g/mol. The maximum absolute atomic E-state index is 11.6. The van der Waals surface area contributed by atoms with Gasteiger partial charge in [-0.1, -0.05) is 0 Å². The Morgan fingerprint density at radius 2 is 2.29 bits per heavy atom. The standard InChI is InChI=1S/C9H8N4O3S/c1-4-2-5(17-6(4)9(15)16)12-8(14)7-10-3-11-13-7/h2-3H,1H3,(H,12,14)(H,15,16)(H,10,11,13). The van der Waals surface area contributed by atoms with Gasteiger partial charge in [0.25, 0.3) is 5.91 Å². The Morgan fingerprint density at radius 3 is 2.82 bits per heavy atom. The number of carboxylic acid groups (broad SMARTS) is 1. The first-order valence-electron chi connectivity index (χ1n) is 4.58. The quantitative estimate of drug-likeness (QED) is 0.758. The van der Waals surface area contributed by atoms with E-state index in [2.05, 4.69) is 20.5 Å². The van der Waals surface area contributed by atoms with Crippen molar-refractivity contribution in [1.29, 1.82) is 0 Å². The maximum Gasteiger partial charge on any atom is 0.346 e. The lowest BCUT2D eigenvalue weighted by atomic mass is 10.3. The fourth-order valence-electron chi connectivity index (χ4n) is 1.24. The molecule has 2 aromatic rings. The number of aromatic carboxylic acids is 1. The SMILES string of the molecule is Cc1cc(NC(=O)c2ncn[nH]2)sc1C(=O)O. The van der Waals surface area contributed by atoms with Crippen molar-refractivity contribution < 1.29 is 14.7 Å². The van der Waals surface area contributed by atoms with Crippen LogP contribution in [0.4, 0.5) is 5.00 Å². The second-order valence-electron chi connectivity index (χ2n) is 3.22. The summed E-state index contributed by atoms with van der Waals surface area (Å²) in [6.45, 7) is 1.67. The highest BCUT2D eigenvalue weighted by atomic mass is 32.1. The molecule has 88 valence electrons. The van der Waals surface area contributed by atoms with Gasteiger partial charge in [-0.2, -0.15) is 5.10 Å². The van der Waals surface area contributed by atoms with E-state index in [0.29, 0.717) is 10.6 Å². The van der Waals surface area contributed by atoms with Crippen LogP contribution in [-0.4, -0.2) is 32.2 Å². The van der Waals surface area contributed by atoms with E-state index < -0.39 is 11.9 Å². The van der Waals surface area contributed by atoms with Crippen LogP contribution in [-0.2, 0) is 0 Å². The van der Waals surface area contributed by atoms with Crippen molar-refractivity contribution in [1.82, 2.24) is 15.2 Å². The van der Waals surface area contributed by atoms with Crippen molar-refractivity contribution in [2.24, 2.45) is 0 Å². The summed E-state index contributed by atoms with van der Waals surface area (Å²) in [6.07, 6.45) is 1.22. The molecule has 0 spiro atoms. The van der Waals surface area contributed by atoms with Gasteiger partial charge < -0.3 is 10.4 Å². The summed E-state index contributed by atoms with van der Waals surface area (Å²) < 4.78 is 0. The number of aromatic nitrogens is 3. The molecule has 2 aromatic heterocycles. The molecule has 1 amide bonds. The average molecular weight is 252 g/mol. The number of carbonyl (C=O) groups excluding carboxylic acids is 1. The zero-order valence-corrected chi connectivity index (χ0v) is 9.54. The predicted octanol–water partition coefficient (Wildman–Crippen LogP) is 1.13. The van der Waals surface area contributed by atoms with Crippen LogP contribution in [0.2, 0.25) is 0 Å². The first kappa shape index (κ1) is 11.3. The van der Waals surface area contributed by atoms with Gasteiger partial charge in [0, 0.05) is 0 Å². The molecule has 3 N–H and O–H groups in total. The number of anilines is 1. The summed E-state index contributed by atoms with van der Waals surface area (Å²) in [5.41, 5.74) is 0.607. The molecule has 0 aliphatic rings. The molecule has 0 fully saturated rings. The van der Waals surface area contributed by atoms with Gasteiger partial charge >= 0.3 is 5.97 Å². The van der Waals surface area contributed by atoms with E-state index in [1.165, 1.54) is 6.33 Å². The van der Waals surface area contributed by atoms with Crippen LogP contribution in [0, 0.1) is 6.92 Å². The van der Waals surface area contributed by atoms with Crippen molar-refractivity contribution in [3.63, 3.8) is 0 Å². The Balaban J connectivity index is 2.17. The number of aromatic amines is 1. The molecule has 7 nitrogen and oxygen atoms in total. The number of nitrogens with one attached hydrogen (secondary N) is 2. The molecule has 0 unspecified atom stereocenters. The van der Waals surface area contributed by atoms with E-state index in [0.717, 1.165) is 11.3 Å². The van der Waals surface area contributed by atoms with Crippen molar-refractivity contribution >= 4 is 28.2 Å². The summed E-state index contributed by atoms with van der Waals surface area (Å²) in [4.78, 5) is 26.3. The fraction of sp³-hybridized carbons (Fsp3) is 0.111. The van der Waals surface area contributed by atoms with Crippen LogP contribution >= 0.6 is 11.3 Å². The third-order valence-electron chi connectivity index (χ3n) is 1.98. The van der Waals surface area contributed by atoms with Crippen LogP contribution < -0.4 is 5.32 Å². The van der Waals surface area contributed by atoms with Crippen LogP contribution in [0.5, 0.6) is 0 Å². The van der Waals surface area contributed by atoms with Gasteiger partial charge in [-0.3, -0.25) is 9.89 Å². The normalized spacial score (nSPS) is 10.2. The van der Waals surface area contributed by atoms with Gasteiger partial charge in [-0.25, -0.2) is 9.78 Å². The molecule has 0 saturated heterocycles. The number of aryl methyl sites for hydroxylation is 1. The highest BCUT2D eigenvalue weighted by molar-refractivity contribution is 7.18. The summed E-state index contributed by atoms with van der Waals surface area (Å²) in [5.74, 6) is -1.39. The van der Waals surface area contributed by atoms with E-state index in [-0.39, 0.29) is 10.7 Å². The van der Waals surface area contributed by atoms with Crippen molar-refractivity contribution in [3.05, 3.63) is 28.7 Å². The molecule has 2 heterocycles. The minimum atomic E-state index is -1.01. The van der Waals surface area contributed by atoms with Gasteiger partial charge in [0.1, 0.15) is 11.2 Å². The summed E-state index contributed by atoms with van der Waals surface area (Å²) >= 11 is 1.000. The summed E-state index contributed by atoms with van der Waals surface area (Å²) in [7, 11) is 0. The van der Waals surface area contributed by atoms with Gasteiger partial charge in [-0.15, -0.1) is 11.3 Å². The Labute approximate surface area is 99.5 Å². The van der Waals surface area contributed by atoms with Crippen molar-refractivity contribution in [2.75, 3.05) is 5.32 Å². The van der Waals surface area contributed by atoms with Gasteiger partial charge in [-0.05, 0) is 18.6 Å². The molecule has 8 heteroatoms. The molecule has 0 radical (unpaired) electrons. The lowest BCUT2D eigenvalue weighted by molar-refractivity contribution is 0.0701. The highest BCUT2D eigenvalue weighted by Gasteiger charge is 2.15. The Bertz CT molecular complexity index is 561. The average Bonchev–Trinajstić information content (AvgIpc) is 2.86. The minimum absolute atomic E-state index is 0.0768. The van der Waals surface area contributed by atoms with Crippen LogP contribution in [0.15, 0.2) is 12.4 Å². The van der Waals surface area contributed by atoms with E-state index in [1.54, 1.807) is 13.0 Å². The molecule has 0 aliphatic carbocycles. The van der Waals surface area contributed by atoms with Crippen LogP contribution in [0.25, 0.3) is 0 Å². The first-order chi connectivity index (χ1) is 8.08. The Hall–Kier alpha value is -2.22. The minimum Gasteiger partial charge on any atom is -0.477 e. The largest absolute Gasteiger partial charge is 0.477 e. The zero-order valence-electron chi connectivity index (χ0n) is 8.72. The predicted molar refractivity (Wildman–Crippen MR) is 60.4 cm³/mol. The number of carbonyl (C=O) groups is 2. The van der Waals surface area contributed by atoms with Gasteiger partial charge in [0.05, 0.1) is 5.00 Å². The third kappa shape index (κ3) is 2.31. The second kappa shape index (κ2) is 4.34. The fourth-order valence-corrected chi connectivity index (χ4v) is 2.15. The van der Waals surface area contributed by atoms with E-state index in [1.807, 2.05) is 0 Å². The maximum atomic E-state index is 11.6. The molecule has 17 heavy (non-hydrogen) atoms. The smallest absolute Gasteiger partial charge is 0.346 e. The number of H-pyrrole nitrogens is 1. The molecular formula is C9H8N4O3S. The first-order valence-corrected chi connectivity index (χ1v) is 5.40. The molecule has 2 rings (SSSR count). The van der Waals surface area contributed by atoms with Crippen LogP contribution in [0.1, 0.15) is 25.9 Å². The topological polar surface area (TPSA) is 108 Å². The Morgan fingerprint density at radius 1 is 1.53 bits per heavy atom. The van der Waals surface area contributed by atoms with E-state index in [9.17, 15) is 9.59 Å². The zero-order chi connectivity index (χ0) is 12.4. The van der Waals surface area contributed by atoms with E-state index >= 15 is 0 Å². The number of hydrogen-bond donors (Lipinski definition) is 3. The molecule has 0 aliphatic heterocycles. The summed E-state index contributed by atoms with van der Waals surface area (Å²) in [6, 6.07) is 1.60. The summed E-state index contributed by atoms with van der Waals surface area (Å²) in [5, 5.41) is 17.8. The number of hydrogen-bond acceptors (Lipinski definition) is 5. The number of rotatable bonds is 3. The number of thiophene rings is 1. The third-order valence-corrected chi connectivity index (χ3v) is 3.12. The van der Waals surface area contributed by atoms with Crippen molar-refractivity contribution in [2.45, 2.75) is 6.92 Å². The molecule has 0 saturated carbocycles. The number of amides is 1. The highest BCUT2D eigenvalue weighted by Crippen LogP contribution is 2.26. The van der Waals surface area contributed by atoms with Crippen molar-refractivity contribution in [3.8, 4) is 0 Å². The Kier molecular flexibility index (Phi) is 2.88. The molecular weight excluding hydrogens is 244 g/mol. The molecule has 0 aromatic carbocycles. The molecule has 0 atom stereocenters. The van der Waals surface area contributed by atoms with E-state index in [4.69, 9.17) is 5.11 Å². The second-order valence-corrected chi connectivity index (χ2v) is 4.27. The van der Waals surface area contributed by atoms with Gasteiger partial charge in [0.2, 0.25) is 5.82 Å². The lowest BCUT2D eigenvalue weighted by Gasteiger charge is -1.97. The molecule has 0 bridgehead atoms.